The zero-order chi connectivity index (χ0) is 22.5. The van der Waals surface area contributed by atoms with E-state index in [2.05, 4.69) is 15.6 Å². The zero-order valence-corrected chi connectivity index (χ0v) is 18.2. The van der Waals surface area contributed by atoms with Gasteiger partial charge in [-0.2, -0.15) is 0 Å². The van der Waals surface area contributed by atoms with Crippen LogP contribution in [0.15, 0.2) is 78.9 Å². The van der Waals surface area contributed by atoms with Crippen LogP contribution in [-0.2, 0) is 17.9 Å². The van der Waals surface area contributed by atoms with Crippen LogP contribution in [0.2, 0.25) is 0 Å². The van der Waals surface area contributed by atoms with E-state index in [4.69, 9.17) is 0 Å². The third-order valence-electron chi connectivity index (χ3n) is 5.40. The number of carbonyl (C=O) groups excluding carboxylic acids is 2. The molecule has 6 nitrogen and oxygen atoms in total. The second kappa shape index (κ2) is 9.47. The second-order valence-electron chi connectivity index (χ2n) is 7.85. The van der Waals surface area contributed by atoms with Gasteiger partial charge in [0.25, 0.3) is 5.91 Å². The Morgan fingerprint density at radius 2 is 1.72 bits per heavy atom. The average molecular weight is 427 g/mol. The summed E-state index contributed by atoms with van der Waals surface area (Å²) in [4.78, 5) is 30.1. The average Bonchev–Trinajstić information content (AvgIpc) is 3.15. The highest BCUT2D eigenvalue weighted by Crippen LogP contribution is 2.17. The number of carbonyl (C=O) groups is 2. The van der Waals surface area contributed by atoms with Crippen LogP contribution < -0.4 is 10.6 Å². The molecule has 6 heteroatoms. The van der Waals surface area contributed by atoms with Crippen LogP contribution in [0.4, 0.5) is 0 Å². The number of hydrogen-bond donors (Lipinski definition) is 2. The van der Waals surface area contributed by atoms with Crippen molar-refractivity contribution in [3.8, 4) is 0 Å². The minimum Gasteiger partial charge on any atom is -0.348 e. The summed E-state index contributed by atoms with van der Waals surface area (Å²) in [7, 11) is 0. The number of hydrogen-bond acceptors (Lipinski definition) is 3. The Labute approximate surface area is 187 Å². The van der Waals surface area contributed by atoms with Gasteiger partial charge in [0.05, 0.1) is 23.6 Å². The van der Waals surface area contributed by atoms with Crippen LogP contribution >= 0.6 is 0 Å². The van der Waals surface area contributed by atoms with E-state index in [1.165, 1.54) is 0 Å². The first-order chi connectivity index (χ1) is 15.5. The third-order valence-corrected chi connectivity index (χ3v) is 5.40. The summed E-state index contributed by atoms with van der Waals surface area (Å²) in [6.45, 7) is 4.25. The molecule has 1 aromatic heterocycles. The van der Waals surface area contributed by atoms with Crippen LogP contribution in [0.25, 0.3) is 11.0 Å². The summed E-state index contributed by atoms with van der Waals surface area (Å²) < 4.78 is 1.86. The molecule has 0 bridgehead atoms. The Morgan fingerprint density at radius 3 is 2.50 bits per heavy atom. The number of benzene rings is 3. The molecule has 0 spiro atoms. The summed E-state index contributed by atoms with van der Waals surface area (Å²) in [5.41, 5.74) is 4.31. The molecule has 2 amide bonds. The number of fused-ring (bicyclic) bond motifs is 1. The van der Waals surface area contributed by atoms with E-state index in [0.29, 0.717) is 11.4 Å². The van der Waals surface area contributed by atoms with E-state index < -0.39 is 0 Å². The summed E-state index contributed by atoms with van der Waals surface area (Å²) >= 11 is 0. The van der Waals surface area contributed by atoms with Gasteiger partial charge in [0.2, 0.25) is 5.91 Å². The Balaban J connectivity index is 1.51. The number of para-hydroxylation sites is 2. The number of nitrogens with zero attached hydrogens (tertiary/aromatic N) is 2. The van der Waals surface area contributed by atoms with Crippen molar-refractivity contribution in [1.82, 2.24) is 20.2 Å². The molecule has 4 aromatic rings. The molecule has 0 radical (unpaired) electrons. The highest BCUT2D eigenvalue weighted by molar-refractivity contribution is 5.94. The smallest absolute Gasteiger partial charge is 0.251 e. The summed E-state index contributed by atoms with van der Waals surface area (Å²) in [5.74, 6) is 0.347. The Hall–Kier alpha value is -3.93. The van der Waals surface area contributed by atoms with Crippen molar-refractivity contribution < 1.29 is 9.59 Å². The molecule has 4 rings (SSSR count). The SMILES string of the molecule is Cc1cccc(C(=O)NCc2nc3ccccc3n2CC(=O)NC(C)c2ccccc2)c1. The highest BCUT2D eigenvalue weighted by atomic mass is 16.2. The van der Waals surface area contributed by atoms with Crippen molar-refractivity contribution in [3.63, 3.8) is 0 Å². The lowest BCUT2D eigenvalue weighted by molar-refractivity contribution is -0.122. The minimum atomic E-state index is -0.172. The maximum Gasteiger partial charge on any atom is 0.251 e. The molecule has 1 atom stereocenters. The van der Waals surface area contributed by atoms with E-state index in [9.17, 15) is 9.59 Å². The van der Waals surface area contributed by atoms with Gasteiger partial charge < -0.3 is 15.2 Å². The number of rotatable bonds is 7. The van der Waals surface area contributed by atoms with Crippen LogP contribution in [0, 0.1) is 6.92 Å². The minimum absolute atomic E-state index is 0.108. The molecule has 0 saturated heterocycles. The van der Waals surface area contributed by atoms with E-state index in [1.54, 1.807) is 6.07 Å². The van der Waals surface area contributed by atoms with Crippen LogP contribution in [0.5, 0.6) is 0 Å². The Bertz CT molecular complexity index is 1250. The summed E-state index contributed by atoms with van der Waals surface area (Å²) in [6, 6.07) is 24.8. The number of amides is 2. The fourth-order valence-electron chi connectivity index (χ4n) is 3.74. The molecule has 0 aliphatic heterocycles. The van der Waals surface area contributed by atoms with Crippen molar-refractivity contribution in [2.45, 2.75) is 33.0 Å². The molecule has 162 valence electrons. The van der Waals surface area contributed by atoms with Gasteiger partial charge in [-0.1, -0.05) is 60.2 Å². The second-order valence-corrected chi connectivity index (χ2v) is 7.85. The molecule has 0 aliphatic rings. The normalized spacial score (nSPS) is 11.8. The van der Waals surface area contributed by atoms with Gasteiger partial charge in [0.15, 0.2) is 0 Å². The number of nitrogens with one attached hydrogen (secondary N) is 2. The van der Waals surface area contributed by atoms with E-state index in [0.717, 1.165) is 22.2 Å². The van der Waals surface area contributed by atoms with E-state index in [1.807, 2.05) is 91.2 Å². The topological polar surface area (TPSA) is 76.0 Å². The molecule has 0 aliphatic carbocycles. The van der Waals surface area contributed by atoms with Crippen molar-refractivity contribution in [1.29, 1.82) is 0 Å². The molecule has 2 N–H and O–H groups in total. The van der Waals surface area contributed by atoms with E-state index >= 15 is 0 Å². The fourth-order valence-corrected chi connectivity index (χ4v) is 3.74. The third kappa shape index (κ3) is 4.86. The molecule has 0 saturated carbocycles. The summed E-state index contributed by atoms with van der Waals surface area (Å²) in [6.07, 6.45) is 0. The predicted molar refractivity (Wildman–Crippen MR) is 125 cm³/mol. The van der Waals surface area contributed by atoms with Crippen LogP contribution in [-0.4, -0.2) is 21.4 Å². The van der Waals surface area contributed by atoms with Gasteiger partial charge in [-0.25, -0.2) is 4.98 Å². The Kier molecular flexibility index (Phi) is 6.31. The first kappa shape index (κ1) is 21.3. The van der Waals surface area contributed by atoms with Crippen LogP contribution in [0.3, 0.4) is 0 Å². The van der Waals surface area contributed by atoms with E-state index in [-0.39, 0.29) is 30.9 Å². The van der Waals surface area contributed by atoms with Gasteiger partial charge in [0.1, 0.15) is 12.4 Å². The summed E-state index contributed by atoms with van der Waals surface area (Å²) in [5, 5.41) is 5.98. The number of imidazole rings is 1. The fraction of sp³-hybridized carbons (Fsp3) is 0.192. The monoisotopic (exact) mass is 426 g/mol. The first-order valence-corrected chi connectivity index (χ1v) is 10.6. The lowest BCUT2D eigenvalue weighted by Gasteiger charge is -2.16. The highest BCUT2D eigenvalue weighted by Gasteiger charge is 2.16. The number of aryl methyl sites for hydroxylation is 1. The molecule has 1 heterocycles. The van der Waals surface area contributed by atoms with Gasteiger partial charge in [-0.15, -0.1) is 0 Å². The van der Waals surface area contributed by atoms with Gasteiger partial charge in [0, 0.05) is 5.56 Å². The largest absolute Gasteiger partial charge is 0.348 e. The lowest BCUT2D eigenvalue weighted by atomic mass is 10.1. The van der Waals surface area contributed by atoms with Gasteiger partial charge in [-0.05, 0) is 43.7 Å². The molecular weight excluding hydrogens is 400 g/mol. The molecule has 1 unspecified atom stereocenters. The molecule has 3 aromatic carbocycles. The van der Waals surface area contributed by atoms with Crippen LogP contribution in [0.1, 0.15) is 40.3 Å². The van der Waals surface area contributed by atoms with Crippen molar-refractivity contribution in [2.75, 3.05) is 0 Å². The predicted octanol–water partition coefficient (Wildman–Crippen LogP) is 4.15. The van der Waals surface area contributed by atoms with Gasteiger partial charge in [-0.3, -0.25) is 9.59 Å². The van der Waals surface area contributed by atoms with Crippen molar-refractivity contribution >= 4 is 22.8 Å². The Morgan fingerprint density at radius 1 is 0.969 bits per heavy atom. The standard InChI is InChI=1S/C26H26N4O2/c1-18-9-8-12-21(15-18)26(32)27-16-24-29-22-13-6-7-14-23(22)30(24)17-25(31)28-19(2)20-10-4-3-5-11-20/h3-15,19H,16-17H2,1-2H3,(H,27,32)(H,28,31). The number of aromatic nitrogens is 2. The van der Waals surface area contributed by atoms with Gasteiger partial charge >= 0.3 is 0 Å². The van der Waals surface area contributed by atoms with Crippen molar-refractivity contribution in [3.05, 3.63) is 101 Å². The maximum atomic E-state index is 12.8. The molecule has 0 fully saturated rings. The quantitative estimate of drug-likeness (QED) is 0.466. The van der Waals surface area contributed by atoms with Crippen molar-refractivity contribution in [2.24, 2.45) is 0 Å². The molecule has 32 heavy (non-hydrogen) atoms. The molecular formula is C26H26N4O2. The lowest BCUT2D eigenvalue weighted by Crippen LogP contribution is -2.31. The first-order valence-electron chi connectivity index (χ1n) is 10.6. The maximum absolute atomic E-state index is 12.8. The zero-order valence-electron chi connectivity index (χ0n) is 18.2.